The van der Waals surface area contributed by atoms with Gasteiger partial charge in [-0.15, -0.1) is 11.3 Å². The van der Waals surface area contributed by atoms with Crippen molar-refractivity contribution in [1.82, 2.24) is 10.3 Å². The number of carbonyl (C=O) groups is 1. The standard InChI is InChI=1S/C11H16N2O2S/c1-8(2)7-15-5-4-12-11(14)10-6-13-9(3)16-10/h6H,1,4-5,7H2,2-3H3,(H,12,14). The van der Waals surface area contributed by atoms with E-state index in [0.29, 0.717) is 24.6 Å². The summed E-state index contributed by atoms with van der Waals surface area (Å²) in [5.41, 5.74) is 0.976. The maximum absolute atomic E-state index is 11.5. The summed E-state index contributed by atoms with van der Waals surface area (Å²) >= 11 is 1.39. The lowest BCUT2D eigenvalue weighted by atomic mass is 10.4. The molecule has 0 saturated heterocycles. The molecule has 0 aliphatic heterocycles. The molecule has 0 aliphatic rings. The summed E-state index contributed by atoms with van der Waals surface area (Å²) < 4.78 is 5.26. The number of rotatable bonds is 6. The van der Waals surface area contributed by atoms with Gasteiger partial charge in [-0.05, 0) is 13.8 Å². The summed E-state index contributed by atoms with van der Waals surface area (Å²) in [5.74, 6) is -0.0930. The normalized spacial score (nSPS) is 10.1. The average molecular weight is 240 g/mol. The van der Waals surface area contributed by atoms with Crippen LogP contribution in [0.15, 0.2) is 18.3 Å². The van der Waals surface area contributed by atoms with Gasteiger partial charge in [0.15, 0.2) is 0 Å². The number of hydrogen-bond donors (Lipinski definition) is 1. The monoisotopic (exact) mass is 240 g/mol. The van der Waals surface area contributed by atoms with Gasteiger partial charge in [0, 0.05) is 6.54 Å². The number of nitrogens with zero attached hydrogens (tertiary/aromatic N) is 1. The van der Waals surface area contributed by atoms with Gasteiger partial charge in [-0.25, -0.2) is 4.98 Å². The molecular weight excluding hydrogens is 224 g/mol. The van der Waals surface area contributed by atoms with Crippen molar-refractivity contribution >= 4 is 17.2 Å². The van der Waals surface area contributed by atoms with E-state index in [1.165, 1.54) is 11.3 Å². The number of thiazole rings is 1. The Morgan fingerprint density at radius 1 is 1.69 bits per heavy atom. The highest BCUT2D eigenvalue weighted by Crippen LogP contribution is 2.10. The quantitative estimate of drug-likeness (QED) is 0.609. The van der Waals surface area contributed by atoms with E-state index >= 15 is 0 Å². The van der Waals surface area contributed by atoms with Gasteiger partial charge in [0.1, 0.15) is 4.88 Å². The Kier molecular flexibility index (Phi) is 5.14. The van der Waals surface area contributed by atoms with Crippen molar-refractivity contribution in [1.29, 1.82) is 0 Å². The highest BCUT2D eigenvalue weighted by molar-refractivity contribution is 7.13. The second kappa shape index (κ2) is 6.40. The zero-order chi connectivity index (χ0) is 12.0. The van der Waals surface area contributed by atoms with Crippen molar-refractivity contribution in [3.63, 3.8) is 0 Å². The van der Waals surface area contributed by atoms with Gasteiger partial charge in [0.05, 0.1) is 24.4 Å². The van der Waals surface area contributed by atoms with E-state index in [-0.39, 0.29) is 5.91 Å². The van der Waals surface area contributed by atoms with Gasteiger partial charge < -0.3 is 10.1 Å². The molecule has 1 aromatic heterocycles. The molecule has 0 spiro atoms. The van der Waals surface area contributed by atoms with Gasteiger partial charge in [0.2, 0.25) is 0 Å². The number of aromatic nitrogens is 1. The molecule has 0 radical (unpaired) electrons. The third kappa shape index (κ3) is 4.55. The Hall–Kier alpha value is -1.20. The van der Waals surface area contributed by atoms with E-state index in [1.54, 1.807) is 6.20 Å². The van der Waals surface area contributed by atoms with Crippen LogP contribution in [0.3, 0.4) is 0 Å². The third-order valence-corrected chi connectivity index (χ3v) is 2.64. The first-order chi connectivity index (χ1) is 7.59. The van der Waals surface area contributed by atoms with Gasteiger partial charge in [0.25, 0.3) is 5.91 Å². The first-order valence-electron chi connectivity index (χ1n) is 5.02. The second-order valence-electron chi connectivity index (χ2n) is 3.51. The molecule has 0 aromatic carbocycles. The van der Waals surface area contributed by atoms with Crippen LogP contribution in [0.2, 0.25) is 0 Å². The molecule has 1 aromatic rings. The van der Waals surface area contributed by atoms with Crippen LogP contribution in [-0.4, -0.2) is 30.6 Å². The number of nitrogens with one attached hydrogen (secondary N) is 1. The second-order valence-corrected chi connectivity index (χ2v) is 4.74. The Labute approximate surface area is 99.3 Å². The largest absolute Gasteiger partial charge is 0.375 e. The molecule has 1 rings (SSSR count). The molecule has 0 aliphatic carbocycles. The Balaban J connectivity index is 2.18. The van der Waals surface area contributed by atoms with E-state index < -0.39 is 0 Å². The van der Waals surface area contributed by atoms with Crippen molar-refractivity contribution in [2.45, 2.75) is 13.8 Å². The predicted octanol–water partition coefficient (Wildman–Crippen LogP) is 1.77. The smallest absolute Gasteiger partial charge is 0.263 e. The highest BCUT2D eigenvalue weighted by Gasteiger charge is 2.07. The minimum atomic E-state index is -0.0930. The number of aryl methyl sites for hydroxylation is 1. The molecule has 16 heavy (non-hydrogen) atoms. The third-order valence-electron chi connectivity index (χ3n) is 1.73. The molecule has 88 valence electrons. The Morgan fingerprint density at radius 3 is 3.00 bits per heavy atom. The van der Waals surface area contributed by atoms with Gasteiger partial charge in [-0.2, -0.15) is 0 Å². The van der Waals surface area contributed by atoms with Crippen molar-refractivity contribution in [2.75, 3.05) is 19.8 Å². The highest BCUT2D eigenvalue weighted by atomic mass is 32.1. The molecule has 4 nitrogen and oxygen atoms in total. The lowest BCUT2D eigenvalue weighted by molar-refractivity contribution is 0.0930. The lowest BCUT2D eigenvalue weighted by Crippen LogP contribution is -2.26. The predicted molar refractivity (Wildman–Crippen MR) is 64.8 cm³/mol. The molecule has 0 fully saturated rings. The maximum atomic E-state index is 11.5. The van der Waals surface area contributed by atoms with Gasteiger partial charge in [-0.3, -0.25) is 4.79 Å². The van der Waals surface area contributed by atoms with E-state index in [0.717, 1.165) is 10.6 Å². The van der Waals surface area contributed by atoms with E-state index in [2.05, 4.69) is 16.9 Å². The van der Waals surface area contributed by atoms with Gasteiger partial charge in [-0.1, -0.05) is 12.2 Å². The zero-order valence-corrected chi connectivity index (χ0v) is 10.4. The van der Waals surface area contributed by atoms with Crippen LogP contribution in [0.4, 0.5) is 0 Å². The summed E-state index contributed by atoms with van der Waals surface area (Å²) in [6.07, 6.45) is 1.59. The van der Waals surface area contributed by atoms with E-state index in [4.69, 9.17) is 4.74 Å². The van der Waals surface area contributed by atoms with E-state index in [9.17, 15) is 4.79 Å². The molecule has 0 saturated carbocycles. The number of carbonyl (C=O) groups excluding carboxylic acids is 1. The molecule has 5 heteroatoms. The number of hydrogen-bond acceptors (Lipinski definition) is 4. The Morgan fingerprint density at radius 2 is 2.44 bits per heavy atom. The molecule has 0 unspecified atom stereocenters. The summed E-state index contributed by atoms with van der Waals surface area (Å²) in [7, 11) is 0. The zero-order valence-electron chi connectivity index (χ0n) is 9.58. The van der Waals surface area contributed by atoms with Crippen LogP contribution in [0.5, 0.6) is 0 Å². The van der Waals surface area contributed by atoms with Crippen molar-refractivity contribution in [3.05, 3.63) is 28.2 Å². The summed E-state index contributed by atoms with van der Waals surface area (Å²) in [5, 5.41) is 3.66. The number of amides is 1. The first-order valence-corrected chi connectivity index (χ1v) is 5.84. The molecule has 1 amide bonds. The maximum Gasteiger partial charge on any atom is 0.263 e. The van der Waals surface area contributed by atoms with Crippen LogP contribution in [0.1, 0.15) is 21.6 Å². The molecule has 0 bridgehead atoms. The van der Waals surface area contributed by atoms with Crippen molar-refractivity contribution in [3.8, 4) is 0 Å². The average Bonchev–Trinajstić information content (AvgIpc) is 2.63. The summed E-state index contributed by atoms with van der Waals surface area (Å²) in [6, 6.07) is 0. The van der Waals surface area contributed by atoms with Crippen LogP contribution in [0.25, 0.3) is 0 Å². The minimum Gasteiger partial charge on any atom is -0.375 e. The Bertz CT molecular complexity index is 374. The van der Waals surface area contributed by atoms with Crippen molar-refractivity contribution in [2.24, 2.45) is 0 Å². The molecule has 1 N–H and O–H groups in total. The minimum absolute atomic E-state index is 0.0930. The van der Waals surface area contributed by atoms with Crippen LogP contribution < -0.4 is 5.32 Å². The van der Waals surface area contributed by atoms with Crippen LogP contribution in [-0.2, 0) is 4.74 Å². The topological polar surface area (TPSA) is 51.2 Å². The summed E-state index contributed by atoms with van der Waals surface area (Å²) in [4.78, 5) is 16.2. The van der Waals surface area contributed by atoms with Gasteiger partial charge >= 0.3 is 0 Å². The van der Waals surface area contributed by atoms with Crippen LogP contribution in [0, 0.1) is 6.92 Å². The first kappa shape index (κ1) is 12.9. The molecule has 1 heterocycles. The number of ether oxygens (including phenoxy) is 1. The fourth-order valence-electron chi connectivity index (χ4n) is 1.04. The fraction of sp³-hybridized carbons (Fsp3) is 0.455. The lowest BCUT2D eigenvalue weighted by Gasteiger charge is -2.04. The SMILES string of the molecule is C=C(C)COCCNC(=O)c1cnc(C)s1. The van der Waals surface area contributed by atoms with E-state index in [1.807, 2.05) is 13.8 Å². The fourth-order valence-corrected chi connectivity index (χ4v) is 1.73. The summed E-state index contributed by atoms with van der Waals surface area (Å²) in [6.45, 7) is 9.03. The molecule has 0 atom stereocenters. The molecular formula is C11H16N2O2S. The van der Waals surface area contributed by atoms with Crippen molar-refractivity contribution < 1.29 is 9.53 Å². The van der Waals surface area contributed by atoms with Crippen LogP contribution >= 0.6 is 11.3 Å².